The van der Waals surface area contributed by atoms with Gasteiger partial charge in [-0.2, -0.15) is 0 Å². The van der Waals surface area contributed by atoms with Crippen LogP contribution in [0.1, 0.15) is 73.5 Å². The lowest BCUT2D eigenvalue weighted by Crippen LogP contribution is -2.31. The molecule has 1 atom stereocenters. The highest BCUT2D eigenvalue weighted by Gasteiger charge is 2.29. The van der Waals surface area contributed by atoms with Gasteiger partial charge >= 0.3 is 0 Å². The van der Waals surface area contributed by atoms with Gasteiger partial charge < -0.3 is 14.8 Å². The fourth-order valence-electron chi connectivity index (χ4n) is 5.47. The average Bonchev–Trinajstić information content (AvgIpc) is 3.19. The first-order valence-electron chi connectivity index (χ1n) is 12.9. The highest BCUT2D eigenvalue weighted by Crippen LogP contribution is 2.38. The molecule has 3 aromatic rings. The Morgan fingerprint density at radius 3 is 2.48 bits per heavy atom. The van der Waals surface area contributed by atoms with Crippen molar-refractivity contribution < 1.29 is 0 Å². The molecule has 0 saturated heterocycles. The molecule has 1 unspecified atom stereocenters. The van der Waals surface area contributed by atoms with Gasteiger partial charge in [0.25, 0.3) is 0 Å². The van der Waals surface area contributed by atoms with E-state index < -0.39 is 0 Å². The Kier molecular flexibility index (Phi) is 7.93. The highest BCUT2D eigenvalue weighted by atomic mass is 15.2. The monoisotopic (exact) mass is 443 g/mol. The van der Waals surface area contributed by atoms with E-state index in [0.29, 0.717) is 0 Å². The van der Waals surface area contributed by atoms with Crippen LogP contribution in [-0.4, -0.2) is 41.0 Å². The second kappa shape index (κ2) is 11.1. The zero-order chi connectivity index (χ0) is 23.2. The van der Waals surface area contributed by atoms with E-state index in [1.54, 1.807) is 0 Å². The van der Waals surface area contributed by atoms with Crippen molar-refractivity contribution in [2.45, 2.75) is 65.3 Å². The van der Waals surface area contributed by atoms with Gasteiger partial charge in [-0.25, -0.2) is 0 Å². The summed E-state index contributed by atoms with van der Waals surface area (Å²) < 4.78 is 0. The van der Waals surface area contributed by atoms with Crippen LogP contribution in [0, 0.1) is 6.92 Å². The molecule has 0 amide bonds. The van der Waals surface area contributed by atoms with Crippen LogP contribution in [-0.2, 0) is 12.8 Å². The summed E-state index contributed by atoms with van der Waals surface area (Å²) in [6.45, 7) is 15.6. The lowest BCUT2D eigenvalue weighted by Gasteiger charge is -2.35. The van der Waals surface area contributed by atoms with E-state index in [1.807, 2.05) is 6.20 Å². The third kappa shape index (κ3) is 5.35. The van der Waals surface area contributed by atoms with Crippen LogP contribution in [0.3, 0.4) is 0 Å². The third-order valence-electron chi connectivity index (χ3n) is 7.12. The van der Waals surface area contributed by atoms with Crippen molar-refractivity contribution in [2.24, 2.45) is 0 Å². The molecular weight excluding hydrogens is 402 g/mol. The van der Waals surface area contributed by atoms with E-state index in [2.05, 4.69) is 84.6 Å². The average molecular weight is 444 g/mol. The van der Waals surface area contributed by atoms with Crippen LogP contribution in [0.5, 0.6) is 0 Å². The molecule has 1 aliphatic rings. The Morgan fingerprint density at radius 2 is 1.79 bits per heavy atom. The Morgan fingerprint density at radius 1 is 1.03 bits per heavy atom. The maximum atomic E-state index is 4.12. The van der Waals surface area contributed by atoms with Gasteiger partial charge in [0.05, 0.1) is 6.04 Å². The molecule has 1 aromatic heterocycles. The van der Waals surface area contributed by atoms with Crippen molar-refractivity contribution in [2.75, 3.05) is 26.2 Å². The minimum absolute atomic E-state index is 0.213. The van der Waals surface area contributed by atoms with Crippen LogP contribution in [0.15, 0.2) is 55.2 Å². The Labute approximate surface area is 200 Å². The fraction of sp³-hybridized carbons (Fsp3) is 0.467. The van der Waals surface area contributed by atoms with Crippen LogP contribution < -0.4 is 0 Å². The van der Waals surface area contributed by atoms with E-state index in [1.165, 1.54) is 90.6 Å². The number of nitrogens with zero attached hydrogens (tertiary/aromatic N) is 2. The number of rotatable bonds is 11. The molecule has 1 N–H and O–H groups in total. The van der Waals surface area contributed by atoms with Gasteiger partial charge in [0.15, 0.2) is 0 Å². The fourth-order valence-corrected chi connectivity index (χ4v) is 5.47. The lowest BCUT2D eigenvalue weighted by molar-refractivity contribution is 0.269. The zero-order valence-electron chi connectivity index (χ0n) is 20.9. The molecule has 0 fully saturated rings. The third-order valence-corrected chi connectivity index (χ3v) is 7.12. The number of hydrogen-bond donors (Lipinski definition) is 1. The van der Waals surface area contributed by atoms with Gasteiger partial charge in [0.2, 0.25) is 0 Å². The van der Waals surface area contributed by atoms with E-state index in [0.717, 1.165) is 13.0 Å². The molecule has 2 heterocycles. The minimum Gasteiger partial charge on any atom is -0.365 e. The SMILES string of the molecule is C=CN1CCc2c([nH]c3ccc(C)cc23)C1c1ccc(CCCCN(CCC)CCC)cc1. The van der Waals surface area contributed by atoms with Crippen molar-refractivity contribution >= 4 is 10.9 Å². The summed E-state index contributed by atoms with van der Waals surface area (Å²) in [7, 11) is 0. The lowest BCUT2D eigenvalue weighted by atomic mass is 9.91. The van der Waals surface area contributed by atoms with Gasteiger partial charge in [-0.15, -0.1) is 0 Å². The molecule has 0 saturated carbocycles. The maximum absolute atomic E-state index is 4.12. The van der Waals surface area contributed by atoms with Crippen molar-refractivity contribution in [3.05, 3.63) is 83.2 Å². The first-order valence-corrected chi connectivity index (χ1v) is 12.9. The second-order valence-corrected chi connectivity index (χ2v) is 9.68. The van der Waals surface area contributed by atoms with Crippen LogP contribution >= 0.6 is 0 Å². The summed E-state index contributed by atoms with van der Waals surface area (Å²) >= 11 is 0. The number of aromatic amines is 1. The first-order chi connectivity index (χ1) is 16.1. The normalized spacial score (nSPS) is 15.9. The van der Waals surface area contributed by atoms with Crippen molar-refractivity contribution in [3.63, 3.8) is 0 Å². The predicted molar refractivity (Wildman–Crippen MR) is 142 cm³/mol. The summed E-state index contributed by atoms with van der Waals surface area (Å²) in [5.41, 5.74) is 8.18. The number of unbranched alkanes of at least 4 members (excludes halogenated alkanes) is 1. The van der Waals surface area contributed by atoms with Gasteiger partial charge in [0.1, 0.15) is 0 Å². The van der Waals surface area contributed by atoms with Crippen molar-refractivity contribution in [1.29, 1.82) is 0 Å². The Hall–Kier alpha value is -2.52. The molecule has 0 radical (unpaired) electrons. The Balaban J connectivity index is 1.46. The molecule has 3 nitrogen and oxygen atoms in total. The molecule has 176 valence electrons. The molecule has 2 aromatic carbocycles. The van der Waals surface area contributed by atoms with Gasteiger partial charge in [0, 0.05) is 23.1 Å². The molecule has 0 bridgehead atoms. The molecule has 1 aliphatic heterocycles. The van der Waals surface area contributed by atoms with Crippen molar-refractivity contribution in [1.82, 2.24) is 14.8 Å². The smallest absolute Gasteiger partial charge is 0.0941 e. The molecule has 0 spiro atoms. The summed E-state index contributed by atoms with van der Waals surface area (Å²) in [4.78, 5) is 8.75. The van der Waals surface area contributed by atoms with E-state index in [4.69, 9.17) is 0 Å². The topological polar surface area (TPSA) is 22.3 Å². The van der Waals surface area contributed by atoms with Crippen LogP contribution in [0.2, 0.25) is 0 Å². The molecule has 0 aliphatic carbocycles. The number of hydrogen-bond acceptors (Lipinski definition) is 2. The molecule has 33 heavy (non-hydrogen) atoms. The van der Waals surface area contributed by atoms with Gasteiger partial charge in [-0.3, -0.25) is 0 Å². The first kappa shape index (κ1) is 23.6. The number of nitrogens with one attached hydrogen (secondary N) is 1. The molecule has 4 rings (SSSR count). The van der Waals surface area contributed by atoms with Crippen LogP contribution in [0.25, 0.3) is 10.9 Å². The molecular formula is C30H41N3. The second-order valence-electron chi connectivity index (χ2n) is 9.68. The van der Waals surface area contributed by atoms with E-state index >= 15 is 0 Å². The van der Waals surface area contributed by atoms with Gasteiger partial charge in [-0.1, -0.05) is 56.3 Å². The zero-order valence-corrected chi connectivity index (χ0v) is 20.9. The Bertz CT molecular complexity index is 1040. The van der Waals surface area contributed by atoms with Crippen LogP contribution in [0.4, 0.5) is 0 Å². The number of aromatic nitrogens is 1. The predicted octanol–water partition coefficient (Wildman–Crippen LogP) is 7.01. The highest BCUT2D eigenvalue weighted by molar-refractivity contribution is 5.86. The summed E-state index contributed by atoms with van der Waals surface area (Å²) in [5, 5.41) is 1.38. The number of benzene rings is 2. The maximum Gasteiger partial charge on any atom is 0.0941 e. The van der Waals surface area contributed by atoms with E-state index in [9.17, 15) is 0 Å². The van der Waals surface area contributed by atoms with E-state index in [-0.39, 0.29) is 6.04 Å². The van der Waals surface area contributed by atoms with Gasteiger partial charge in [-0.05, 0) is 100 Å². The number of H-pyrrole nitrogens is 1. The standard InChI is InChI=1S/C30H41N3/c1-5-18-32(19-6-2)20-9-8-10-24-12-14-25(15-13-24)30-29-26(17-21-33(30)7-3)27-22-23(4)11-16-28(27)31-29/h7,11-16,22,30-31H,3,5-6,8-10,17-21H2,1-2,4H3. The quantitative estimate of drug-likeness (QED) is 0.322. The summed E-state index contributed by atoms with van der Waals surface area (Å²) in [5.74, 6) is 0. The summed E-state index contributed by atoms with van der Waals surface area (Å²) in [6.07, 6.45) is 9.29. The summed E-state index contributed by atoms with van der Waals surface area (Å²) in [6, 6.07) is 16.3. The number of fused-ring (bicyclic) bond motifs is 3. The van der Waals surface area contributed by atoms with Crippen molar-refractivity contribution in [3.8, 4) is 0 Å². The molecule has 3 heteroatoms. The number of aryl methyl sites for hydroxylation is 2. The minimum atomic E-state index is 0.213. The largest absolute Gasteiger partial charge is 0.365 e.